The number of primary amides is 1. The van der Waals surface area contributed by atoms with Crippen molar-refractivity contribution in [1.29, 1.82) is 0 Å². The van der Waals surface area contributed by atoms with Gasteiger partial charge in [0.05, 0.1) is 6.54 Å². The predicted molar refractivity (Wildman–Crippen MR) is 65.4 cm³/mol. The van der Waals surface area contributed by atoms with E-state index in [4.69, 9.17) is 5.73 Å². The van der Waals surface area contributed by atoms with Crippen molar-refractivity contribution in [2.24, 2.45) is 5.73 Å². The first kappa shape index (κ1) is 11.8. The second-order valence-corrected chi connectivity index (χ2v) is 3.80. The minimum absolute atomic E-state index is 0.261. The summed E-state index contributed by atoms with van der Waals surface area (Å²) < 4.78 is 1.33. The van der Waals surface area contributed by atoms with Gasteiger partial charge in [0, 0.05) is 17.8 Å². The first-order valence-electron chi connectivity index (χ1n) is 5.25. The zero-order chi connectivity index (χ0) is 13.1. The van der Waals surface area contributed by atoms with Crippen LogP contribution in [0.15, 0.2) is 46.1 Å². The van der Waals surface area contributed by atoms with Crippen molar-refractivity contribution in [1.82, 2.24) is 9.55 Å². The number of hydrogen-bond donors (Lipinski definition) is 2. The van der Waals surface area contributed by atoms with Crippen LogP contribution >= 0.6 is 0 Å². The number of nitrogens with two attached hydrogens (primary N) is 1. The van der Waals surface area contributed by atoms with E-state index < -0.39 is 17.2 Å². The number of H-pyrrole nitrogens is 1. The average molecular weight is 245 g/mol. The quantitative estimate of drug-likeness (QED) is 0.775. The molecule has 18 heavy (non-hydrogen) atoms. The summed E-state index contributed by atoms with van der Waals surface area (Å²) in [5.41, 5.74) is 5.36. The Morgan fingerprint density at radius 3 is 2.72 bits per heavy atom. The summed E-state index contributed by atoms with van der Waals surface area (Å²) in [7, 11) is 0. The topological polar surface area (TPSA) is 97.9 Å². The van der Waals surface area contributed by atoms with E-state index in [0.29, 0.717) is 5.56 Å². The molecule has 0 fully saturated rings. The van der Waals surface area contributed by atoms with E-state index in [9.17, 15) is 14.4 Å². The maximum Gasteiger partial charge on any atom is 0.328 e. The monoisotopic (exact) mass is 245 g/mol. The Morgan fingerprint density at radius 1 is 1.28 bits per heavy atom. The lowest BCUT2D eigenvalue weighted by molar-refractivity contribution is 0.1000. The van der Waals surface area contributed by atoms with Crippen LogP contribution in [-0.4, -0.2) is 15.5 Å². The molecule has 2 aromatic rings. The molecule has 3 N–H and O–H groups in total. The van der Waals surface area contributed by atoms with E-state index in [1.54, 1.807) is 24.3 Å². The van der Waals surface area contributed by atoms with Gasteiger partial charge in [0.2, 0.25) is 5.91 Å². The number of carbonyl (C=O) groups excluding carboxylic acids is 1. The predicted octanol–water partition coefficient (Wildman–Crippen LogP) is -0.316. The number of amides is 1. The van der Waals surface area contributed by atoms with Crippen LogP contribution in [0.3, 0.4) is 0 Å². The molecule has 0 aliphatic rings. The summed E-state index contributed by atoms with van der Waals surface area (Å²) in [6.07, 6.45) is 1.40. The fraction of sp³-hybridized carbons (Fsp3) is 0.0833. The summed E-state index contributed by atoms with van der Waals surface area (Å²) >= 11 is 0. The van der Waals surface area contributed by atoms with E-state index >= 15 is 0 Å². The van der Waals surface area contributed by atoms with Gasteiger partial charge in [0.15, 0.2) is 0 Å². The van der Waals surface area contributed by atoms with Crippen molar-refractivity contribution in [2.45, 2.75) is 6.54 Å². The number of carbonyl (C=O) groups is 1. The summed E-state index contributed by atoms with van der Waals surface area (Å²) in [5.74, 6) is -0.523. The zero-order valence-corrected chi connectivity index (χ0v) is 9.42. The van der Waals surface area contributed by atoms with Crippen molar-refractivity contribution < 1.29 is 4.79 Å². The van der Waals surface area contributed by atoms with Gasteiger partial charge in [-0.25, -0.2) is 4.79 Å². The number of benzene rings is 1. The molecule has 1 amide bonds. The molecule has 0 saturated heterocycles. The van der Waals surface area contributed by atoms with Crippen LogP contribution in [0.5, 0.6) is 0 Å². The van der Waals surface area contributed by atoms with Crippen molar-refractivity contribution in [2.75, 3.05) is 0 Å². The largest absolute Gasteiger partial charge is 0.366 e. The van der Waals surface area contributed by atoms with Crippen LogP contribution in [0.1, 0.15) is 15.9 Å². The molecule has 2 rings (SSSR count). The molecule has 0 spiro atoms. The Morgan fingerprint density at radius 2 is 2.06 bits per heavy atom. The highest BCUT2D eigenvalue weighted by molar-refractivity contribution is 5.92. The standard InChI is InChI=1S/C12H11N3O3/c13-11(17)9-3-1-2-8(6-9)7-15-5-4-10(16)14-12(15)18/h1-6H,7H2,(H2,13,17)(H,14,16,18). The summed E-state index contributed by atoms with van der Waals surface area (Å²) in [6.45, 7) is 0.261. The van der Waals surface area contributed by atoms with E-state index in [1.165, 1.54) is 16.8 Å². The minimum atomic E-state index is -0.523. The molecule has 1 heterocycles. The second-order valence-electron chi connectivity index (χ2n) is 3.80. The molecule has 92 valence electrons. The van der Waals surface area contributed by atoms with Gasteiger partial charge in [-0.2, -0.15) is 0 Å². The lowest BCUT2D eigenvalue weighted by Crippen LogP contribution is -2.28. The Balaban J connectivity index is 2.34. The molecule has 1 aromatic heterocycles. The average Bonchev–Trinajstić information content (AvgIpc) is 2.33. The fourth-order valence-electron chi connectivity index (χ4n) is 1.59. The van der Waals surface area contributed by atoms with Gasteiger partial charge in [-0.1, -0.05) is 12.1 Å². The highest BCUT2D eigenvalue weighted by Crippen LogP contribution is 2.05. The highest BCUT2D eigenvalue weighted by atomic mass is 16.2. The Kier molecular flexibility index (Phi) is 3.09. The molecule has 0 radical (unpaired) electrons. The molecule has 0 bridgehead atoms. The molecule has 0 atom stereocenters. The third-order valence-electron chi connectivity index (χ3n) is 2.46. The van der Waals surface area contributed by atoms with E-state index in [1.807, 2.05) is 0 Å². The normalized spacial score (nSPS) is 10.2. The van der Waals surface area contributed by atoms with Gasteiger partial charge >= 0.3 is 5.69 Å². The molecule has 0 aliphatic carbocycles. The van der Waals surface area contributed by atoms with Gasteiger partial charge in [0.1, 0.15) is 0 Å². The molecule has 0 aliphatic heterocycles. The van der Waals surface area contributed by atoms with E-state index in [2.05, 4.69) is 4.98 Å². The van der Waals surface area contributed by atoms with Crippen molar-refractivity contribution in [3.63, 3.8) is 0 Å². The van der Waals surface area contributed by atoms with Crippen LogP contribution in [0.25, 0.3) is 0 Å². The Bertz CT molecular complexity index is 700. The summed E-state index contributed by atoms with van der Waals surface area (Å²) in [6, 6.07) is 7.93. The molecular formula is C12H11N3O3. The molecular weight excluding hydrogens is 234 g/mol. The van der Waals surface area contributed by atoms with Crippen LogP contribution in [0.2, 0.25) is 0 Å². The third-order valence-corrected chi connectivity index (χ3v) is 2.46. The first-order valence-corrected chi connectivity index (χ1v) is 5.25. The van der Waals surface area contributed by atoms with Crippen molar-refractivity contribution in [3.05, 3.63) is 68.5 Å². The van der Waals surface area contributed by atoms with Crippen molar-refractivity contribution >= 4 is 5.91 Å². The second kappa shape index (κ2) is 4.70. The van der Waals surface area contributed by atoms with Gasteiger partial charge < -0.3 is 5.73 Å². The number of aromatic amines is 1. The molecule has 0 saturated carbocycles. The van der Waals surface area contributed by atoms with Crippen LogP contribution in [-0.2, 0) is 6.54 Å². The highest BCUT2D eigenvalue weighted by Gasteiger charge is 2.03. The SMILES string of the molecule is NC(=O)c1cccc(Cn2ccc(=O)[nH]c2=O)c1. The number of nitrogens with zero attached hydrogens (tertiary/aromatic N) is 1. The maximum absolute atomic E-state index is 11.5. The van der Waals surface area contributed by atoms with Crippen LogP contribution in [0, 0.1) is 0 Å². The summed E-state index contributed by atoms with van der Waals surface area (Å²) in [4.78, 5) is 35.6. The minimum Gasteiger partial charge on any atom is -0.366 e. The van der Waals surface area contributed by atoms with Crippen molar-refractivity contribution in [3.8, 4) is 0 Å². The Labute approximate surface area is 102 Å². The van der Waals surface area contributed by atoms with Gasteiger partial charge in [-0.15, -0.1) is 0 Å². The number of aromatic nitrogens is 2. The lowest BCUT2D eigenvalue weighted by Gasteiger charge is -2.05. The van der Waals surface area contributed by atoms with Crippen LogP contribution in [0.4, 0.5) is 0 Å². The van der Waals surface area contributed by atoms with Gasteiger partial charge in [-0.3, -0.25) is 19.1 Å². The number of hydrogen-bond acceptors (Lipinski definition) is 3. The Hall–Kier alpha value is -2.63. The molecule has 6 nitrogen and oxygen atoms in total. The summed E-state index contributed by atoms with van der Waals surface area (Å²) in [5, 5.41) is 0. The van der Waals surface area contributed by atoms with Gasteiger partial charge in [0.25, 0.3) is 5.56 Å². The van der Waals surface area contributed by atoms with E-state index in [-0.39, 0.29) is 6.54 Å². The fourth-order valence-corrected chi connectivity index (χ4v) is 1.59. The number of rotatable bonds is 3. The number of nitrogens with one attached hydrogen (secondary N) is 1. The molecule has 1 aromatic carbocycles. The maximum atomic E-state index is 11.5. The smallest absolute Gasteiger partial charge is 0.328 e. The zero-order valence-electron chi connectivity index (χ0n) is 9.42. The van der Waals surface area contributed by atoms with E-state index in [0.717, 1.165) is 5.56 Å². The third kappa shape index (κ3) is 2.54. The lowest BCUT2D eigenvalue weighted by atomic mass is 10.1. The first-order chi connectivity index (χ1) is 8.56. The van der Waals surface area contributed by atoms with Crippen LogP contribution < -0.4 is 17.0 Å². The molecule has 0 unspecified atom stereocenters. The van der Waals surface area contributed by atoms with Gasteiger partial charge in [-0.05, 0) is 17.7 Å². The molecule has 6 heteroatoms.